The molecule has 7 nitrogen and oxygen atoms in total. The normalized spacial score (nSPS) is 12.5. The molecule has 10 heteroatoms. The molecule has 0 aliphatic heterocycles. The summed E-state index contributed by atoms with van der Waals surface area (Å²) in [7, 11) is 0. The molecule has 0 aliphatic carbocycles. The van der Waals surface area contributed by atoms with E-state index >= 15 is 0 Å². The van der Waals surface area contributed by atoms with Crippen LogP contribution in [0.2, 0.25) is 0 Å². The number of alkyl halides is 3. The Bertz CT molecular complexity index is 814. The SMILES string of the molecule is CCC(C)Oc1nc(N(CC)c2cccc([N+](=O)[O-])c2)ncc1C(F)(F)F. The van der Waals surface area contributed by atoms with E-state index in [0.29, 0.717) is 18.3 Å². The topological polar surface area (TPSA) is 81.4 Å². The van der Waals surface area contributed by atoms with Crippen molar-refractivity contribution in [3.63, 3.8) is 0 Å². The van der Waals surface area contributed by atoms with E-state index in [1.54, 1.807) is 26.8 Å². The average Bonchev–Trinajstić information content (AvgIpc) is 2.61. The number of nitro groups is 1. The molecule has 0 spiro atoms. The van der Waals surface area contributed by atoms with Crippen LogP contribution in [0.3, 0.4) is 0 Å². The number of hydrogen-bond donors (Lipinski definition) is 0. The predicted octanol–water partition coefficient (Wildman–Crippen LogP) is 4.74. The maximum atomic E-state index is 13.2. The third-order valence-electron chi connectivity index (χ3n) is 3.84. The van der Waals surface area contributed by atoms with Gasteiger partial charge in [0.25, 0.3) is 5.69 Å². The lowest BCUT2D eigenvalue weighted by molar-refractivity contribution is -0.384. The van der Waals surface area contributed by atoms with Crippen LogP contribution in [0.15, 0.2) is 30.5 Å². The van der Waals surface area contributed by atoms with E-state index in [2.05, 4.69) is 9.97 Å². The summed E-state index contributed by atoms with van der Waals surface area (Å²) < 4.78 is 45.0. The van der Waals surface area contributed by atoms with Gasteiger partial charge in [-0.15, -0.1) is 0 Å². The van der Waals surface area contributed by atoms with Crippen LogP contribution in [-0.2, 0) is 6.18 Å². The van der Waals surface area contributed by atoms with Gasteiger partial charge in [0.2, 0.25) is 11.8 Å². The Morgan fingerprint density at radius 3 is 2.59 bits per heavy atom. The zero-order valence-electron chi connectivity index (χ0n) is 15.0. The Morgan fingerprint density at radius 2 is 2.04 bits per heavy atom. The quantitative estimate of drug-likeness (QED) is 0.507. The molecule has 1 unspecified atom stereocenters. The molecule has 1 heterocycles. The summed E-state index contributed by atoms with van der Waals surface area (Å²) >= 11 is 0. The summed E-state index contributed by atoms with van der Waals surface area (Å²) in [6.07, 6.45) is -3.97. The van der Waals surface area contributed by atoms with Gasteiger partial charge in [-0.1, -0.05) is 13.0 Å². The van der Waals surface area contributed by atoms with Crippen molar-refractivity contribution in [2.45, 2.75) is 39.5 Å². The number of nitro benzene ring substituents is 1. The number of halogens is 3. The molecule has 0 saturated heterocycles. The maximum absolute atomic E-state index is 13.2. The van der Waals surface area contributed by atoms with Gasteiger partial charge in [-0.25, -0.2) is 4.98 Å². The van der Waals surface area contributed by atoms with E-state index in [-0.39, 0.29) is 18.2 Å². The van der Waals surface area contributed by atoms with E-state index in [1.165, 1.54) is 23.1 Å². The number of rotatable bonds is 7. The molecule has 27 heavy (non-hydrogen) atoms. The van der Waals surface area contributed by atoms with Gasteiger partial charge in [-0.2, -0.15) is 18.2 Å². The van der Waals surface area contributed by atoms with Crippen molar-refractivity contribution in [1.29, 1.82) is 0 Å². The number of ether oxygens (including phenoxy) is 1. The Balaban J connectivity index is 2.50. The summed E-state index contributed by atoms with van der Waals surface area (Å²) in [6.45, 7) is 5.44. The number of aromatic nitrogens is 2. The predicted molar refractivity (Wildman–Crippen MR) is 93.2 cm³/mol. The van der Waals surface area contributed by atoms with Gasteiger partial charge in [0, 0.05) is 24.9 Å². The molecular weight excluding hydrogens is 365 g/mol. The number of anilines is 2. The van der Waals surface area contributed by atoms with Gasteiger partial charge in [-0.05, 0) is 26.3 Å². The summed E-state index contributed by atoms with van der Waals surface area (Å²) in [6, 6.07) is 5.70. The molecule has 2 rings (SSSR count). The molecule has 0 N–H and O–H groups in total. The second-order valence-corrected chi connectivity index (χ2v) is 5.74. The van der Waals surface area contributed by atoms with E-state index in [1.807, 2.05) is 0 Å². The molecule has 0 radical (unpaired) electrons. The van der Waals surface area contributed by atoms with Gasteiger partial charge in [-0.3, -0.25) is 10.1 Å². The summed E-state index contributed by atoms with van der Waals surface area (Å²) in [4.78, 5) is 19.6. The lowest BCUT2D eigenvalue weighted by Crippen LogP contribution is -2.22. The lowest BCUT2D eigenvalue weighted by Gasteiger charge is -2.23. The van der Waals surface area contributed by atoms with Crippen LogP contribution in [0.5, 0.6) is 5.88 Å². The highest BCUT2D eigenvalue weighted by Crippen LogP contribution is 2.37. The highest BCUT2D eigenvalue weighted by Gasteiger charge is 2.37. The molecule has 1 atom stereocenters. The van der Waals surface area contributed by atoms with Gasteiger partial charge in [0.1, 0.15) is 5.56 Å². The Labute approximate surface area is 154 Å². The summed E-state index contributed by atoms with van der Waals surface area (Å²) in [5.74, 6) is -0.602. The van der Waals surface area contributed by atoms with Crippen molar-refractivity contribution in [2.75, 3.05) is 11.4 Å². The van der Waals surface area contributed by atoms with Crippen molar-refractivity contribution in [1.82, 2.24) is 9.97 Å². The minimum Gasteiger partial charge on any atom is -0.474 e. The van der Waals surface area contributed by atoms with E-state index in [9.17, 15) is 23.3 Å². The number of hydrogen-bond acceptors (Lipinski definition) is 6. The van der Waals surface area contributed by atoms with Crippen molar-refractivity contribution < 1.29 is 22.8 Å². The van der Waals surface area contributed by atoms with E-state index < -0.39 is 28.6 Å². The smallest absolute Gasteiger partial charge is 0.423 e. The van der Waals surface area contributed by atoms with Gasteiger partial charge in [0.15, 0.2) is 0 Å². The molecule has 2 aromatic rings. The molecule has 0 fully saturated rings. The van der Waals surface area contributed by atoms with Gasteiger partial charge in [0.05, 0.1) is 16.7 Å². The highest BCUT2D eigenvalue weighted by molar-refractivity contribution is 5.61. The third kappa shape index (κ3) is 4.83. The van der Waals surface area contributed by atoms with Crippen molar-refractivity contribution >= 4 is 17.3 Å². The Morgan fingerprint density at radius 1 is 1.33 bits per heavy atom. The largest absolute Gasteiger partial charge is 0.474 e. The summed E-state index contributed by atoms with van der Waals surface area (Å²) in [5, 5.41) is 11.0. The molecule has 0 aliphatic rings. The number of nitrogens with zero attached hydrogens (tertiary/aromatic N) is 4. The van der Waals surface area contributed by atoms with Crippen molar-refractivity contribution in [3.8, 4) is 5.88 Å². The van der Waals surface area contributed by atoms with E-state index in [0.717, 1.165) is 0 Å². The average molecular weight is 384 g/mol. The second kappa shape index (κ2) is 8.19. The minimum atomic E-state index is -4.66. The van der Waals surface area contributed by atoms with Crippen molar-refractivity contribution in [3.05, 3.63) is 46.1 Å². The lowest BCUT2D eigenvalue weighted by atomic mass is 10.2. The maximum Gasteiger partial charge on any atom is 0.423 e. The first-order valence-corrected chi connectivity index (χ1v) is 8.30. The van der Waals surface area contributed by atoms with E-state index in [4.69, 9.17) is 4.74 Å². The van der Waals surface area contributed by atoms with Gasteiger partial charge >= 0.3 is 6.18 Å². The first kappa shape index (κ1) is 20.4. The zero-order valence-corrected chi connectivity index (χ0v) is 15.0. The zero-order chi connectivity index (χ0) is 20.2. The molecule has 0 bridgehead atoms. The first-order valence-electron chi connectivity index (χ1n) is 8.30. The monoisotopic (exact) mass is 384 g/mol. The fourth-order valence-corrected chi connectivity index (χ4v) is 2.26. The highest BCUT2D eigenvalue weighted by atomic mass is 19.4. The summed E-state index contributed by atoms with van der Waals surface area (Å²) in [5.41, 5.74) is -0.823. The molecule has 0 amide bonds. The molecule has 0 saturated carbocycles. The fraction of sp³-hybridized carbons (Fsp3) is 0.412. The van der Waals surface area contributed by atoms with Crippen molar-refractivity contribution in [2.24, 2.45) is 0 Å². The Hall–Kier alpha value is -2.91. The molecule has 1 aromatic carbocycles. The third-order valence-corrected chi connectivity index (χ3v) is 3.84. The first-order chi connectivity index (χ1) is 12.7. The minimum absolute atomic E-state index is 0.0377. The molecular formula is C17H19F3N4O3. The van der Waals surface area contributed by atoms with Crippen LogP contribution in [0.1, 0.15) is 32.8 Å². The second-order valence-electron chi connectivity index (χ2n) is 5.74. The van der Waals surface area contributed by atoms with Crippen LogP contribution in [0.25, 0.3) is 0 Å². The van der Waals surface area contributed by atoms with Gasteiger partial charge < -0.3 is 9.64 Å². The number of benzene rings is 1. The van der Waals surface area contributed by atoms with Crippen LogP contribution in [0.4, 0.5) is 30.5 Å². The molecule has 146 valence electrons. The molecule has 1 aromatic heterocycles. The Kier molecular flexibility index (Phi) is 6.19. The number of non-ortho nitro benzene ring substituents is 1. The standard InChI is InChI=1S/C17H19F3N4O3/c1-4-11(3)27-15-14(17(18,19)20)10-21-16(22-15)23(5-2)12-7-6-8-13(9-12)24(25)26/h6-11H,4-5H2,1-3H3. The van der Waals surface area contributed by atoms with Crippen LogP contribution in [-0.4, -0.2) is 27.5 Å². The fourth-order valence-electron chi connectivity index (χ4n) is 2.26. The van der Waals surface area contributed by atoms with Crippen LogP contribution in [0, 0.1) is 10.1 Å². The van der Waals surface area contributed by atoms with Crippen LogP contribution < -0.4 is 9.64 Å². The van der Waals surface area contributed by atoms with Crippen LogP contribution >= 0.6 is 0 Å².